The molecule has 1 amide bonds. The van der Waals surface area contributed by atoms with Crippen LogP contribution in [-0.2, 0) is 17.8 Å². The summed E-state index contributed by atoms with van der Waals surface area (Å²) in [6, 6.07) is 16.9. The molecule has 0 bridgehead atoms. The number of amides is 1. The van der Waals surface area contributed by atoms with Crippen molar-refractivity contribution in [2.24, 2.45) is 4.99 Å². The number of benzene rings is 2. The Bertz CT molecular complexity index is 1310. The molecule has 32 heavy (non-hydrogen) atoms. The summed E-state index contributed by atoms with van der Waals surface area (Å²) < 4.78 is 34.4. The zero-order valence-electron chi connectivity index (χ0n) is 17.5. The van der Waals surface area contributed by atoms with E-state index in [1.54, 1.807) is 6.07 Å². The molecule has 2 aromatic carbocycles. The second kappa shape index (κ2) is 9.51. The molecule has 2 aromatic heterocycles. The van der Waals surface area contributed by atoms with Gasteiger partial charge in [-0.3, -0.25) is 4.79 Å². The molecule has 0 fully saturated rings. The maximum atomic E-state index is 13.9. The van der Waals surface area contributed by atoms with Gasteiger partial charge in [0.25, 0.3) is 0 Å². The highest BCUT2D eigenvalue weighted by Crippen LogP contribution is 2.24. The molecule has 5 nitrogen and oxygen atoms in total. The van der Waals surface area contributed by atoms with Gasteiger partial charge in [0.05, 0.1) is 11.8 Å². The summed E-state index contributed by atoms with van der Waals surface area (Å²) in [5.41, 5.74) is 2.96. The lowest BCUT2D eigenvalue weighted by molar-refractivity contribution is -0.118. The van der Waals surface area contributed by atoms with Crippen molar-refractivity contribution in [2.45, 2.75) is 26.3 Å². The van der Waals surface area contributed by atoms with Gasteiger partial charge >= 0.3 is 0 Å². The summed E-state index contributed by atoms with van der Waals surface area (Å²) in [6.07, 6.45) is 3.55. The van der Waals surface area contributed by atoms with Crippen LogP contribution in [0.3, 0.4) is 0 Å². The average Bonchev–Trinajstić information content (AvgIpc) is 3.24. The van der Waals surface area contributed by atoms with E-state index in [1.165, 1.54) is 17.8 Å². The van der Waals surface area contributed by atoms with Crippen LogP contribution >= 0.6 is 0 Å². The third-order valence-corrected chi connectivity index (χ3v) is 4.93. The zero-order valence-corrected chi connectivity index (χ0v) is 17.5. The molecule has 0 N–H and O–H groups in total. The van der Waals surface area contributed by atoms with E-state index in [0.717, 1.165) is 17.7 Å². The summed E-state index contributed by atoms with van der Waals surface area (Å²) in [7, 11) is 0. The van der Waals surface area contributed by atoms with E-state index < -0.39 is 11.6 Å². The number of halogens is 2. The van der Waals surface area contributed by atoms with Crippen LogP contribution in [0.15, 0.2) is 82.5 Å². The van der Waals surface area contributed by atoms with Crippen molar-refractivity contribution in [3.8, 4) is 11.3 Å². The minimum Gasteiger partial charge on any atom is -0.441 e. The van der Waals surface area contributed by atoms with Crippen molar-refractivity contribution in [1.29, 1.82) is 0 Å². The Kier molecular flexibility index (Phi) is 6.35. The molecule has 0 aliphatic heterocycles. The van der Waals surface area contributed by atoms with Crippen LogP contribution in [0.4, 0.5) is 8.78 Å². The number of oxazole rings is 1. The summed E-state index contributed by atoms with van der Waals surface area (Å²) >= 11 is 0. The van der Waals surface area contributed by atoms with Gasteiger partial charge in [-0.1, -0.05) is 35.9 Å². The van der Waals surface area contributed by atoms with Crippen molar-refractivity contribution in [3.63, 3.8) is 0 Å². The van der Waals surface area contributed by atoms with E-state index in [1.807, 2.05) is 54.1 Å². The van der Waals surface area contributed by atoms with Gasteiger partial charge in [0.1, 0.15) is 17.1 Å². The minimum absolute atomic E-state index is 0.0886. The SMILES string of the molecule is Cc1ccc(Cn2ccccc2=NC(=O)CCc2ncc(-c3ccc(F)cc3F)o2)cc1. The van der Waals surface area contributed by atoms with Crippen molar-refractivity contribution in [2.75, 3.05) is 0 Å². The van der Waals surface area contributed by atoms with Crippen LogP contribution < -0.4 is 5.49 Å². The molecular weight excluding hydrogens is 412 g/mol. The fourth-order valence-corrected chi connectivity index (χ4v) is 3.23. The Morgan fingerprint density at radius 2 is 1.91 bits per heavy atom. The molecular formula is C25H21F2N3O2. The fourth-order valence-electron chi connectivity index (χ4n) is 3.23. The molecule has 0 aliphatic carbocycles. The number of rotatable bonds is 6. The number of pyridine rings is 1. The second-order valence-electron chi connectivity index (χ2n) is 7.42. The predicted octanol–water partition coefficient (Wildman–Crippen LogP) is 4.84. The first kappa shape index (κ1) is 21.4. The summed E-state index contributed by atoms with van der Waals surface area (Å²) in [6.45, 7) is 2.63. The molecule has 2 heterocycles. The Balaban J connectivity index is 1.44. The van der Waals surface area contributed by atoms with Gasteiger partial charge in [0.2, 0.25) is 5.91 Å². The first-order valence-corrected chi connectivity index (χ1v) is 10.2. The van der Waals surface area contributed by atoms with Gasteiger partial charge in [-0.2, -0.15) is 4.99 Å². The minimum atomic E-state index is -0.735. The maximum absolute atomic E-state index is 13.9. The highest BCUT2D eigenvalue weighted by Gasteiger charge is 2.13. The number of aromatic nitrogens is 2. The van der Waals surface area contributed by atoms with Gasteiger partial charge in [-0.15, -0.1) is 0 Å². The zero-order chi connectivity index (χ0) is 22.5. The van der Waals surface area contributed by atoms with Gasteiger partial charge in [-0.25, -0.2) is 13.8 Å². The normalized spacial score (nSPS) is 11.7. The number of aryl methyl sites for hydroxylation is 2. The van der Waals surface area contributed by atoms with E-state index in [0.29, 0.717) is 12.0 Å². The van der Waals surface area contributed by atoms with E-state index >= 15 is 0 Å². The van der Waals surface area contributed by atoms with E-state index in [4.69, 9.17) is 4.42 Å². The van der Waals surface area contributed by atoms with E-state index in [9.17, 15) is 13.6 Å². The summed E-state index contributed by atoms with van der Waals surface area (Å²) in [5, 5.41) is 0. The largest absolute Gasteiger partial charge is 0.441 e. The topological polar surface area (TPSA) is 60.4 Å². The highest BCUT2D eigenvalue weighted by atomic mass is 19.1. The second-order valence-corrected chi connectivity index (χ2v) is 7.42. The number of carbonyl (C=O) groups excluding carboxylic acids is 1. The molecule has 0 saturated heterocycles. The lowest BCUT2D eigenvalue weighted by Gasteiger charge is -2.07. The summed E-state index contributed by atoms with van der Waals surface area (Å²) in [4.78, 5) is 20.8. The molecule has 0 radical (unpaired) electrons. The Hall–Kier alpha value is -3.87. The molecule has 4 aromatic rings. The lowest BCUT2D eigenvalue weighted by atomic mass is 10.1. The van der Waals surface area contributed by atoms with Gasteiger partial charge in [-0.05, 0) is 36.8 Å². The van der Waals surface area contributed by atoms with Gasteiger partial charge in [0, 0.05) is 31.6 Å². The number of carbonyl (C=O) groups is 1. The van der Waals surface area contributed by atoms with Crippen molar-refractivity contribution >= 4 is 5.91 Å². The standard InChI is InChI=1S/C25H21F2N3O2/c1-17-5-7-18(8-6-17)16-30-13-3-2-4-23(30)29-24(31)11-12-25-28-15-22(32-25)20-10-9-19(26)14-21(20)27/h2-10,13-15H,11-12,16H2,1H3. The predicted molar refractivity (Wildman–Crippen MR) is 115 cm³/mol. The third kappa shape index (κ3) is 5.24. The van der Waals surface area contributed by atoms with Crippen LogP contribution in [0.1, 0.15) is 23.4 Å². The van der Waals surface area contributed by atoms with Gasteiger partial charge < -0.3 is 8.98 Å². The number of hydrogen-bond acceptors (Lipinski definition) is 3. The quantitative estimate of drug-likeness (QED) is 0.437. The number of hydrogen-bond donors (Lipinski definition) is 0. The van der Waals surface area contributed by atoms with Crippen LogP contribution in [0.2, 0.25) is 0 Å². The Morgan fingerprint density at radius 3 is 2.69 bits per heavy atom. The van der Waals surface area contributed by atoms with Crippen molar-refractivity contribution in [3.05, 3.63) is 107 Å². The molecule has 0 atom stereocenters. The van der Waals surface area contributed by atoms with E-state index in [-0.39, 0.29) is 36.0 Å². The molecule has 0 aliphatic rings. The first-order valence-electron chi connectivity index (χ1n) is 10.2. The molecule has 0 spiro atoms. The molecule has 4 rings (SSSR count). The van der Waals surface area contributed by atoms with Crippen molar-refractivity contribution < 1.29 is 18.0 Å². The molecule has 162 valence electrons. The van der Waals surface area contributed by atoms with Crippen LogP contribution in [0, 0.1) is 18.6 Å². The first-order chi connectivity index (χ1) is 15.5. The van der Waals surface area contributed by atoms with Crippen molar-refractivity contribution in [1.82, 2.24) is 9.55 Å². The summed E-state index contributed by atoms with van der Waals surface area (Å²) in [5.74, 6) is -1.25. The monoisotopic (exact) mass is 433 g/mol. The Morgan fingerprint density at radius 1 is 1.09 bits per heavy atom. The molecule has 0 saturated carbocycles. The molecule has 0 unspecified atom stereocenters. The lowest BCUT2D eigenvalue weighted by Crippen LogP contribution is -2.22. The Labute approximate surface area is 183 Å². The highest BCUT2D eigenvalue weighted by molar-refractivity contribution is 5.77. The maximum Gasteiger partial charge on any atom is 0.248 e. The van der Waals surface area contributed by atoms with Crippen LogP contribution in [-0.4, -0.2) is 15.5 Å². The number of nitrogens with zero attached hydrogens (tertiary/aromatic N) is 3. The van der Waals surface area contributed by atoms with Crippen LogP contribution in [0.25, 0.3) is 11.3 Å². The average molecular weight is 433 g/mol. The smallest absolute Gasteiger partial charge is 0.248 e. The fraction of sp³-hybridized carbons (Fsp3) is 0.160. The van der Waals surface area contributed by atoms with Gasteiger partial charge in [0.15, 0.2) is 11.7 Å². The third-order valence-electron chi connectivity index (χ3n) is 4.93. The van der Waals surface area contributed by atoms with E-state index in [2.05, 4.69) is 9.98 Å². The van der Waals surface area contributed by atoms with Crippen LogP contribution in [0.5, 0.6) is 0 Å². The molecule has 7 heteroatoms.